The predicted molar refractivity (Wildman–Crippen MR) is 61.5 cm³/mol. The lowest BCUT2D eigenvalue weighted by atomic mass is 9.87. The van der Waals surface area contributed by atoms with Crippen molar-refractivity contribution in [3.63, 3.8) is 0 Å². The fourth-order valence-electron chi connectivity index (χ4n) is 1.37. The van der Waals surface area contributed by atoms with E-state index in [1.54, 1.807) is 19.9 Å². The molecule has 0 fully saturated rings. The van der Waals surface area contributed by atoms with Crippen LogP contribution in [0.25, 0.3) is 0 Å². The van der Waals surface area contributed by atoms with E-state index in [-0.39, 0.29) is 11.2 Å². The van der Waals surface area contributed by atoms with Gasteiger partial charge in [-0.15, -0.1) is 0 Å². The first-order valence-electron chi connectivity index (χ1n) is 5.27. The molecule has 1 heterocycles. The van der Waals surface area contributed by atoms with E-state index in [1.165, 1.54) is 6.07 Å². The number of hydrogen-bond acceptors (Lipinski definition) is 2. The van der Waals surface area contributed by atoms with Crippen molar-refractivity contribution in [3.8, 4) is 6.07 Å². The molecule has 1 rings (SSSR count). The predicted octanol–water partition coefficient (Wildman–Crippen LogP) is 3.32. The normalized spacial score (nSPS) is 12.3. The van der Waals surface area contributed by atoms with Gasteiger partial charge in [0.05, 0.1) is 22.9 Å². The van der Waals surface area contributed by atoms with Crippen LogP contribution in [0.2, 0.25) is 0 Å². The lowest BCUT2D eigenvalue weighted by Crippen LogP contribution is -2.22. The molecule has 0 aliphatic heterocycles. The maximum absolute atomic E-state index is 13.6. The van der Waals surface area contributed by atoms with E-state index in [2.05, 4.69) is 11.1 Å². The summed E-state index contributed by atoms with van der Waals surface area (Å²) >= 11 is 0. The molecule has 0 N–H and O–H groups in total. The van der Waals surface area contributed by atoms with E-state index in [9.17, 15) is 4.39 Å². The summed E-state index contributed by atoms with van der Waals surface area (Å²) in [7, 11) is 0. The lowest BCUT2D eigenvalue weighted by molar-refractivity contribution is 0.493. The number of hydrogen-bond donors (Lipinski definition) is 0. The van der Waals surface area contributed by atoms with Gasteiger partial charge in [-0.1, -0.05) is 20.8 Å². The summed E-state index contributed by atoms with van der Waals surface area (Å²) in [6.07, 6.45) is 0. The zero-order valence-corrected chi connectivity index (χ0v) is 10.4. The van der Waals surface area contributed by atoms with Crippen molar-refractivity contribution in [3.05, 3.63) is 29.3 Å². The Labute approximate surface area is 96.1 Å². The topological polar surface area (TPSA) is 36.7 Å². The van der Waals surface area contributed by atoms with Crippen molar-refractivity contribution in [2.75, 3.05) is 0 Å². The lowest BCUT2D eigenvalue weighted by Gasteiger charge is -2.22. The van der Waals surface area contributed by atoms with Crippen LogP contribution in [-0.2, 0) is 10.8 Å². The smallest absolute Gasteiger partial charge is 0.145 e. The second-order valence-corrected chi connectivity index (χ2v) is 5.51. The minimum atomic E-state index is -0.687. The number of halogens is 1. The van der Waals surface area contributed by atoms with E-state index >= 15 is 0 Å². The Morgan fingerprint density at radius 1 is 1.19 bits per heavy atom. The largest absolute Gasteiger partial charge is 0.253 e. The molecule has 0 saturated heterocycles. The Hall–Kier alpha value is -1.43. The molecule has 16 heavy (non-hydrogen) atoms. The van der Waals surface area contributed by atoms with Gasteiger partial charge in [0, 0.05) is 5.41 Å². The average molecular weight is 220 g/mol. The van der Waals surface area contributed by atoms with E-state index in [0.717, 1.165) is 0 Å². The standard InChI is InChI=1S/C13H17FN2/c1-12(2,3)11-9(14)6-7-10(16-11)13(4,5)8-15/h6-7H,1-5H3. The number of pyridine rings is 1. The van der Waals surface area contributed by atoms with Crippen LogP contribution in [0.3, 0.4) is 0 Å². The third kappa shape index (κ3) is 2.38. The molecule has 0 aliphatic carbocycles. The van der Waals surface area contributed by atoms with E-state index in [0.29, 0.717) is 11.4 Å². The number of rotatable bonds is 1. The molecule has 1 aromatic rings. The fraction of sp³-hybridized carbons (Fsp3) is 0.538. The molecule has 0 saturated carbocycles. The molecule has 0 bridgehead atoms. The quantitative estimate of drug-likeness (QED) is 0.728. The molecule has 0 aromatic carbocycles. The molecule has 0 amide bonds. The first-order valence-corrected chi connectivity index (χ1v) is 5.27. The summed E-state index contributed by atoms with van der Waals surface area (Å²) in [5, 5.41) is 9.03. The average Bonchev–Trinajstić information content (AvgIpc) is 2.16. The summed E-state index contributed by atoms with van der Waals surface area (Å²) < 4.78 is 13.6. The van der Waals surface area contributed by atoms with Crippen molar-refractivity contribution in [1.82, 2.24) is 4.98 Å². The summed E-state index contributed by atoms with van der Waals surface area (Å²) in [6, 6.07) is 5.14. The van der Waals surface area contributed by atoms with Crippen LogP contribution in [-0.4, -0.2) is 4.98 Å². The molecule has 0 spiro atoms. The molecule has 0 radical (unpaired) electrons. The van der Waals surface area contributed by atoms with Crippen LogP contribution in [0.15, 0.2) is 12.1 Å². The number of aromatic nitrogens is 1. The van der Waals surface area contributed by atoms with Gasteiger partial charge < -0.3 is 0 Å². The van der Waals surface area contributed by atoms with Crippen LogP contribution in [0.4, 0.5) is 4.39 Å². The van der Waals surface area contributed by atoms with Gasteiger partial charge in [0.25, 0.3) is 0 Å². The van der Waals surface area contributed by atoms with Gasteiger partial charge in [0.2, 0.25) is 0 Å². The highest BCUT2D eigenvalue weighted by Crippen LogP contribution is 2.27. The second-order valence-electron chi connectivity index (χ2n) is 5.51. The molecule has 3 heteroatoms. The van der Waals surface area contributed by atoms with E-state index in [4.69, 9.17) is 5.26 Å². The van der Waals surface area contributed by atoms with Crippen molar-refractivity contribution in [2.45, 2.75) is 45.4 Å². The highest BCUT2D eigenvalue weighted by Gasteiger charge is 2.26. The first kappa shape index (κ1) is 12.6. The number of nitriles is 1. The third-order valence-corrected chi connectivity index (χ3v) is 2.48. The molecular formula is C13H17FN2. The maximum atomic E-state index is 13.6. The van der Waals surface area contributed by atoms with Crippen LogP contribution < -0.4 is 0 Å². The monoisotopic (exact) mass is 220 g/mol. The minimum absolute atomic E-state index is 0.315. The van der Waals surface area contributed by atoms with Crippen molar-refractivity contribution < 1.29 is 4.39 Å². The van der Waals surface area contributed by atoms with Crippen LogP contribution in [0.1, 0.15) is 46.0 Å². The van der Waals surface area contributed by atoms with E-state index in [1.807, 2.05) is 20.8 Å². The zero-order chi connectivity index (χ0) is 12.6. The van der Waals surface area contributed by atoms with Gasteiger partial charge in [-0.2, -0.15) is 5.26 Å². The molecule has 0 atom stereocenters. The summed E-state index contributed by atoms with van der Waals surface area (Å²) in [5.41, 5.74) is -0.0195. The number of nitrogens with zero attached hydrogens (tertiary/aromatic N) is 2. The van der Waals surface area contributed by atoms with Crippen LogP contribution in [0.5, 0.6) is 0 Å². The fourth-order valence-corrected chi connectivity index (χ4v) is 1.37. The van der Waals surface area contributed by atoms with Crippen molar-refractivity contribution >= 4 is 0 Å². The molecule has 0 aliphatic rings. The minimum Gasteiger partial charge on any atom is -0.253 e. The highest BCUT2D eigenvalue weighted by molar-refractivity contribution is 5.28. The Kier molecular flexibility index (Phi) is 3.05. The van der Waals surface area contributed by atoms with Gasteiger partial charge in [-0.25, -0.2) is 4.39 Å². The first-order chi connectivity index (χ1) is 7.18. The van der Waals surface area contributed by atoms with Crippen molar-refractivity contribution in [1.29, 1.82) is 5.26 Å². The molecule has 2 nitrogen and oxygen atoms in total. The van der Waals surface area contributed by atoms with Crippen LogP contribution in [0, 0.1) is 17.1 Å². The van der Waals surface area contributed by atoms with Gasteiger partial charge in [-0.3, -0.25) is 4.98 Å². The van der Waals surface area contributed by atoms with E-state index < -0.39 is 5.41 Å². The Morgan fingerprint density at radius 2 is 1.75 bits per heavy atom. The molecule has 1 aromatic heterocycles. The molecule has 0 unspecified atom stereocenters. The van der Waals surface area contributed by atoms with Gasteiger partial charge in [0.15, 0.2) is 0 Å². The zero-order valence-electron chi connectivity index (χ0n) is 10.4. The summed E-state index contributed by atoms with van der Waals surface area (Å²) in [5.74, 6) is -0.315. The highest BCUT2D eigenvalue weighted by atomic mass is 19.1. The van der Waals surface area contributed by atoms with Crippen molar-refractivity contribution in [2.24, 2.45) is 0 Å². The third-order valence-electron chi connectivity index (χ3n) is 2.48. The molecular weight excluding hydrogens is 203 g/mol. The van der Waals surface area contributed by atoms with Gasteiger partial charge in [-0.05, 0) is 26.0 Å². The Balaban J connectivity index is 3.36. The summed E-state index contributed by atoms with van der Waals surface area (Å²) in [6.45, 7) is 9.27. The van der Waals surface area contributed by atoms with Gasteiger partial charge >= 0.3 is 0 Å². The SMILES string of the molecule is CC(C)(C)c1nc(C(C)(C)C#N)ccc1F. The molecule has 86 valence electrons. The second kappa shape index (κ2) is 3.86. The van der Waals surface area contributed by atoms with Gasteiger partial charge in [0.1, 0.15) is 5.82 Å². The maximum Gasteiger partial charge on any atom is 0.145 e. The van der Waals surface area contributed by atoms with Crippen LogP contribution >= 0.6 is 0 Å². The summed E-state index contributed by atoms with van der Waals surface area (Å²) in [4.78, 5) is 4.29. The Morgan fingerprint density at radius 3 is 2.19 bits per heavy atom. The Bertz CT molecular complexity index is 436.